The Morgan fingerprint density at radius 3 is 2.43 bits per heavy atom. The van der Waals surface area contributed by atoms with Crippen LogP contribution < -0.4 is 0 Å². The van der Waals surface area contributed by atoms with Crippen molar-refractivity contribution >= 4 is 14.4 Å². The van der Waals surface area contributed by atoms with Crippen LogP contribution in [-0.2, 0) is 13.9 Å². The summed E-state index contributed by atoms with van der Waals surface area (Å²) >= 11 is 0. The summed E-state index contributed by atoms with van der Waals surface area (Å²) in [6, 6.07) is -0.115. The molecule has 2 heterocycles. The van der Waals surface area contributed by atoms with Gasteiger partial charge < -0.3 is 19.0 Å². The van der Waals surface area contributed by atoms with Crippen LogP contribution in [0, 0.1) is 11.8 Å². The molecule has 0 bridgehead atoms. The van der Waals surface area contributed by atoms with Gasteiger partial charge in [-0.25, -0.2) is 4.79 Å². The smallest absolute Gasteiger partial charge is 0.410 e. The molecule has 2 saturated heterocycles. The van der Waals surface area contributed by atoms with Gasteiger partial charge in [-0.2, -0.15) is 0 Å². The summed E-state index contributed by atoms with van der Waals surface area (Å²) < 4.78 is 18.6. The standard InChI is InChI=1S/C23H45NO5Si/c1-22(2,3)29-21(26)24-15-18-14-17(10-9-12-25)11-13-27-20(18)19(24)16-28-30(7,8)23(4,5)6/h17-20,25H,9-16H2,1-8H3/t17-,18+,19-,20-/m1/s1. The summed E-state index contributed by atoms with van der Waals surface area (Å²) in [7, 11) is -1.95. The Balaban J connectivity index is 2.18. The van der Waals surface area contributed by atoms with Crippen LogP contribution in [-0.4, -0.2) is 68.5 Å². The lowest BCUT2D eigenvalue weighted by Gasteiger charge is -2.39. The average Bonchev–Trinajstić information content (AvgIpc) is 2.80. The average molecular weight is 444 g/mol. The molecule has 7 heteroatoms. The summed E-state index contributed by atoms with van der Waals surface area (Å²) in [5.74, 6) is 0.824. The Bertz CT molecular complexity index is 569. The number of ether oxygens (including phenoxy) is 2. The monoisotopic (exact) mass is 443 g/mol. The zero-order chi connectivity index (χ0) is 22.7. The van der Waals surface area contributed by atoms with Crippen LogP contribution in [0.15, 0.2) is 0 Å². The minimum absolute atomic E-state index is 0.0126. The van der Waals surface area contributed by atoms with E-state index in [1.807, 2.05) is 25.7 Å². The van der Waals surface area contributed by atoms with E-state index in [2.05, 4.69) is 33.9 Å². The van der Waals surface area contributed by atoms with E-state index in [9.17, 15) is 9.90 Å². The van der Waals surface area contributed by atoms with E-state index in [1.54, 1.807) is 0 Å². The summed E-state index contributed by atoms with van der Waals surface area (Å²) in [5.41, 5.74) is -0.531. The van der Waals surface area contributed by atoms with Crippen LogP contribution in [0.4, 0.5) is 4.79 Å². The molecule has 1 amide bonds. The van der Waals surface area contributed by atoms with Crippen molar-refractivity contribution in [2.24, 2.45) is 11.8 Å². The highest BCUT2D eigenvalue weighted by Crippen LogP contribution is 2.40. The summed E-state index contributed by atoms with van der Waals surface area (Å²) in [6.45, 7) is 19.0. The number of aliphatic hydroxyl groups excluding tert-OH is 1. The number of nitrogens with zero attached hydrogens (tertiary/aromatic N) is 1. The van der Waals surface area contributed by atoms with E-state index < -0.39 is 13.9 Å². The molecule has 176 valence electrons. The summed E-state index contributed by atoms with van der Waals surface area (Å²) in [5, 5.41) is 9.33. The molecule has 6 nitrogen and oxygen atoms in total. The van der Waals surface area contributed by atoms with E-state index >= 15 is 0 Å². The van der Waals surface area contributed by atoms with Gasteiger partial charge in [-0.15, -0.1) is 0 Å². The lowest BCUT2D eigenvalue weighted by Crippen LogP contribution is -2.49. The SMILES string of the molecule is CC(C)(C)OC(=O)N1C[C@@H]2C[C@H](CCCO)CCO[C@H]2[C@H]1CO[Si](C)(C)C(C)(C)C. The first-order valence-electron chi connectivity index (χ1n) is 11.6. The quantitative estimate of drug-likeness (QED) is 0.597. The van der Waals surface area contributed by atoms with Gasteiger partial charge in [0.15, 0.2) is 8.32 Å². The number of aliphatic hydroxyl groups is 1. The topological polar surface area (TPSA) is 68.2 Å². The highest BCUT2D eigenvalue weighted by Gasteiger charge is 2.49. The molecule has 2 rings (SSSR count). The van der Waals surface area contributed by atoms with E-state index in [-0.39, 0.29) is 35.8 Å². The van der Waals surface area contributed by atoms with Gasteiger partial charge in [0.2, 0.25) is 0 Å². The van der Waals surface area contributed by atoms with Gasteiger partial charge in [-0.3, -0.25) is 4.90 Å². The first kappa shape index (κ1) is 25.6. The van der Waals surface area contributed by atoms with Crippen molar-refractivity contribution in [2.45, 2.75) is 103 Å². The van der Waals surface area contributed by atoms with Gasteiger partial charge in [0.05, 0.1) is 18.8 Å². The van der Waals surface area contributed by atoms with Crippen LogP contribution in [0.5, 0.6) is 0 Å². The van der Waals surface area contributed by atoms with E-state index in [0.717, 1.165) is 25.7 Å². The molecular weight excluding hydrogens is 398 g/mol. The van der Waals surface area contributed by atoms with Crippen LogP contribution >= 0.6 is 0 Å². The van der Waals surface area contributed by atoms with Gasteiger partial charge >= 0.3 is 6.09 Å². The Labute approximate surface area is 184 Å². The fourth-order valence-electron chi connectivity index (χ4n) is 4.22. The molecule has 0 aromatic heterocycles. The number of fused-ring (bicyclic) bond motifs is 1. The van der Waals surface area contributed by atoms with Crippen molar-refractivity contribution in [1.29, 1.82) is 0 Å². The molecule has 0 spiro atoms. The predicted octanol–water partition coefficient (Wildman–Crippen LogP) is 4.81. The number of rotatable bonds is 6. The van der Waals surface area contributed by atoms with Crippen molar-refractivity contribution in [3.63, 3.8) is 0 Å². The first-order valence-corrected chi connectivity index (χ1v) is 14.5. The number of likely N-dealkylation sites (tertiary alicyclic amines) is 1. The van der Waals surface area contributed by atoms with Crippen molar-refractivity contribution < 1.29 is 23.8 Å². The fourth-order valence-corrected chi connectivity index (χ4v) is 5.24. The Hall–Kier alpha value is -0.633. The Kier molecular flexibility index (Phi) is 8.44. The number of carbonyl (C=O) groups excluding carboxylic acids is 1. The third kappa shape index (κ3) is 6.68. The summed E-state index contributed by atoms with van der Waals surface area (Å²) in [4.78, 5) is 14.9. The minimum Gasteiger partial charge on any atom is -0.444 e. The zero-order valence-corrected chi connectivity index (χ0v) is 21.5. The molecule has 2 aliphatic heterocycles. The maximum atomic E-state index is 13.0. The maximum absolute atomic E-state index is 13.0. The lowest BCUT2D eigenvalue weighted by atomic mass is 9.87. The normalized spacial score (nSPS) is 28.2. The molecule has 1 N–H and O–H groups in total. The van der Waals surface area contributed by atoms with E-state index in [4.69, 9.17) is 13.9 Å². The van der Waals surface area contributed by atoms with Crippen LogP contribution in [0.1, 0.15) is 67.2 Å². The second kappa shape index (κ2) is 9.88. The van der Waals surface area contributed by atoms with E-state index in [0.29, 0.717) is 25.7 Å². The molecule has 4 atom stereocenters. The van der Waals surface area contributed by atoms with Gasteiger partial charge in [0, 0.05) is 25.7 Å². The van der Waals surface area contributed by atoms with E-state index in [1.165, 1.54) is 0 Å². The highest BCUT2D eigenvalue weighted by molar-refractivity contribution is 6.74. The number of amides is 1. The molecule has 0 aliphatic carbocycles. The van der Waals surface area contributed by atoms with Crippen LogP contribution in [0.2, 0.25) is 18.1 Å². The third-order valence-electron chi connectivity index (χ3n) is 6.97. The van der Waals surface area contributed by atoms with Gasteiger partial charge in [0.1, 0.15) is 5.60 Å². The summed E-state index contributed by atoms with van der Waals surface area (Å²) in [6.07, 6.45) is 3.61. The van der Waals surface area contributed by atoms with Crippen molar-refractivity contribution in [3.8, 4) is 0 Å². The molecule has 0 radical (unpaired) electrons. The third-order valence-corrected chi connectivity index (χ3v) is 11.5. The molecule has 2 aliphatic rings. The molecular formula is C23H45NO5Si. The Morgan fingerprint density at radius 1 is 1.20 bits per heavy atom. The van der Waals surface area contributed by atoms with Crippen LogP contribution in [0.3, 0.4) is 0 Å². The second-order valence-corrected chi connectivity index (χ2v) is 16.4. The minimum atomic E-state index is -1.95. The lowest BCUT2D eigenvalue weighted by molar-refractivity contribution is -0.0143. The fraction of sp³-hybridized carbons (Fsp3) is 0.957. The van der Waals surface area contributed by atoms with Crippen molar-refractivity contribution in [2.75, 3.05) is 26.4 Å². The number of carbonyl (C=O) groups is 1. The molecule has 0 aromatic carbocycles. The van der Waals surface area contributed by atoms with Gasteiger partial charge in [-0.1, -0.05) is 20.8 Å². The predicted molar refractivity (Wildman–Crippen MR) is 122 cm³/mol. The zero-order valence-electron chi connectivity index (χ0n) is 20.5. The molecule has 2 fully saturated rings. The van der Waals surface area contributed by atoms with Crippen molar-refractivity contribution in [3.05, 3.63) is 0 Å². The van der Waals surface area contributed by atoms with Gasteiger partial charge in [0.25, 0.3) is 0 Å². The second-order valence-electron chi connectivity index (χ2n) is 11.6. The molecule has 0 unspecified atom stereocenters. The number of hydrogen-bond donors (Lipinski definition) is 1. The van der Waals surface area contributed by atoms with Crippen LogP contribution in [0.25, 0.3) is 0 Å². The highest BCUT2D eigenvalue weighted by atomic mass is 28.4. The van der Waals surface area contributed by atoms with Crippen molar-refractivity contribution in [1.82, 2.24) is 4.90 Å². The molecule has 0 aromatic rings. The first-order chi connectivity index (χ1) is 13.7. The molecule has 0 saturated carbocycles. The maximum Gasteiger partial charge on any atom is 0.410 e. The van der Waals surface area contributed by atoms with Gasteiger partial charge in [-0.05, 0) is 70.5 Å². The number of hydrogen-bond acceptors (Lipinski definition) is 5. The Morgan fingerprint density at radius 2 is 1.87 bits per heavy atom. The molecule has 30 heavy (non-hydrogen) atoms. The largest absolute Gasteiger partial charge is 0.444 e.